The lowest BCUT2D eigenvalue weighted by Gasteiger charge is -2.23. The SMILES string of the molecule is O=C(c1ccc2nccn2c1)N1CCC=Cc2ccccc21. The largest absolute Gasteiger partial charge is 0.307 e. The predicted molar refractivity (Wildman–Crippen MR) is 87.0 cm³/mol. The molecule has 0 saturated carbocycles. The van der Waals surface area contributed by atoms with Gasteiger partial charge in [0.15, 0.2) is 0 Å². The third-order valence-electron chi connectivity index (χ3n) is 3.93. The van der Waals surface area contributed by atoms with Crippen molar-refractivity contribution in [3.8, 4) is 0 Å². The zero-order valence-corrected chi connectivity index (χ0v) is 12.0. The molecule has 0 unspecified atom stereocenters. The third kappa shape index (κ3) is 2.09. The van der Waals surface area contributed by atoms with Gasteiger partial charge in [-0.1, -0.05) is 30.4 Å². The Bertz CT molecular complexity index is 879. The zero-order chi connectivity index (χ0) is 14.9. The number of carbonyl (C=O) groups is 1. The molecule has 3 heterocycles. The molecule has 0 atom stereocenters. The fourth-order valence-corrected chi connectivity index (χ4v) is 2.82. The maximum atomic E-state index is 12.9. The van der Waals surface area contributed by atoms with Crippen LogP contribution in [0.15, 0.2) is 61.1 Å². The molecule has 0 saturated heterocycles. The van der Waals surface area contributed by atoms with E-state index in [2.05, 4.69) is 17.1 Å². The number of benzene rings is 1. The highest BCUT2D eigenvalue weighted by molar-refractivity contribution is 6.07. The molecule has 1 amide bonds. The minimum Gasteiger partial charge on any atom is -0.307 e. The summed E-state index contributed by atoms with van der Waals surface area (Å²) in [7, 11) is 0. The zero-order valence-electron chi connectivity index (χ0n) is 12.0. The second kappa shape index (κ2) is 5.15. The molecular formula is C18H15N3O. The Hall–Kier alpha value is -2.88. The molecule has 0 spiro atoms. The van der Waals surface area contributed by atoms with Crippen LogP contribution in [-0.4, -0.2) is 21.8 Å². The molecule has 0 fully saturated rings. The van der Waals surface area contributed by atoms with Crippen LogP contribution in [0, 0.1) is 0 Å². The van der Waals surface area contributed by atoms with Gasteiger partial charge in [0.25, 0.3) is 5.91 Å². The Kier molecular flexibility index (Phi) is 3.00. The van der Waals surface area contributed by atoms with Crippen LogP contribution >= 0.6 is 0 Å². The number of rotatable bonds is 1. The molecule has 1 aliphatic rings. The molecule has 2 aromatic heterocycles. The fraction of sp³-hybridized carbons (Fsp3) is 0.111. The van der Waals surface area contributed by atoms with Crippen molar-refractivity contribution in [2.75, 3.05) is 11.4 Å². The summed E-state index contributed by atoms with van der Waals surface area (Å²) in [4.78, 5) is 19.0. The van der Waals surface area contributed by atoms with Crippen molar-refractivity contribution in [3.63, 3.8) is 0 Å². The third-order valence-corrected chi connectivity index (χ3v) is 3.93. The highest BCUT2D eigenvalue weighted by atomic mass is 16.2. The van der Waals surface area contributed by atoms with E-state index in [-0.39, 0.29) is 5.91 Å². The Balaban J connectivity index is 1.76. The van der Waals surface area contributed by atoms with Crippen molar-refractivity contribution in [1.82, 2.24) is 9.38 Å². The van der Waals surface area contributed by atoms with Crippen LogP contribution in [0.3, 0.4) is 0 Å². The van der Waals surface area contributed by atoms with Crippen molar-refractivity contribution in [3.05, 3.63) is 72.2 Å². The number of aromatic nitrogens is 2. The molecule has 4 nitrogen and oxygen atoms in total. The Morgan fingerprint density at radius 2 is 2.05 bits per heavy atom. The molecule has 1 aliphatic heterocycles. The van der Waals surface area contributed by atoms with Crippen LogP contribution < -0.4 is 4.90 Å². The summed E-state index contributed by atoms with van der Waals surface area (Å²) in [5.41, 5.74) is 3.56. The molecule has 22 heavy (non-hydrogen) atoms. The van der Waals surface area contributed by atoms with Gasteiger partial charge in [-0.3, -0.25) is 4.79 Å². The summed E-state index contributed by atoms with van der Waals surface area (Å²) < 4.78 is 1.87. The first kappa shape index (κ1) is 12.8. The number of hydrogen-bond donors (Lipinski definition) is 0. The Morgan fingerprint density at radius 3 is 3.00 bits per heavy atom. The van der Waals surface area contributed by atoms with Crippen LogP contribution in [0.1, 0.15) is 22.3 Å². The number of carbonyl (C=O) groups excluding carboxylic acids is 1. The van der Waals surface area contributed by atoms with E-state index in [1.807, 2.05) is 58.1 Å². The highest BCUT2D eigenvalue weighted by Crippen LogP contribution is 2.26. The minimum absolute atomic E-state index is 0.0201. The first-order valence-electron chi connectivity index (χ1n) is 7.33. The number of hydrogen-bond acceptors (Lipinski definition) is 2. The van der Waals surface area contributed by atoms with Gasteiger partial charge >= 0.3 is 0 Å². The maximum Gasteiger partial charge on any atom is 0.259 e. The van der Waals surface area contributed by atoms with Gasteiger partial charge in [-0.25, -0.2) is 4.98 Å². The number of imidazole rings is 1. The van der Waals surface area contributed by atoms with Gasteiger partial charge in [-0.15, -0.1) is 0 Å². The van der Waals surface area contributed by atoms with Crippen LogP contribution in [-0.2, 0) is 0 Å². The molecule has 1 aromatic carbocycles. The molecule has 0 bridgehead atoms. The number of amides is 1. The van der Waals surface area contributed by atoms with Gasteiger partial charge < -0.3 is 9.30 Å². The lowest BCUT2D eigenvalue weighted by atomic mass is 10.1. The monoisotopic (exact) mass is 289 g/mol. The quantitative estimate of drug-likeness (QED) is 0.688. The molecule has 0 N–H and O–H groups in total. The van der Waals surface area contributed by atoms with Crippen molar-refractivity contribution in [2.45, 2.75) is 6.42 Å². The first-order valence-corrected chi connectivity index (χ1v) is 7.33. The normalized spacial score (nSPS) is 13.9. The first-order chi connectivity index (χ1) is 10.8. The number of fused-ring (bicyclic) bond motifs is 2. The fourth-order valence-electron chi connectivity index (χ4n) is 2.82. The molecule has 4 heteroatoms. The number of nitrogens with zero attached hydrogens (tertiary/aromatic N) is 3. The summed E-state index contributed by atoms with van der Waals surface area (Å²) in [6, 6.07) is 11.7. The van der Waals surface area contributed by atoms with Crippen molar-refractivity contribution in [2.24, 2.45) is 0 Å². The lowest BCUT2D eigenvalue weighted by Crippen LogP contribution is -2.32. The van der Waals surface area contributed by atoms with Crippen molar-refractivity contribution >= 4 is 23.3 Å². The second-order valence-electron chi connectivity index (χ2n) is 5.32. The Morgan fingerprint density at radius 1 is 1.14 bits per heavy atom. The van der Waals surface area contributed by atoms with E-state index < -0.39 is 0 Å². The summed E-state index contributed by atoms with van der Waals surface area (Å²) >= 11 is 0. The van der Waals surface area contributed by atoms with E-state index in [0.717, 1.165) is 23.3 Å². The standard InChI is InChI=1S/C18H15N3O/c22-18(15-8-9-17-19-10-12-20(17)13-15)21-11-4-3-6-14-5-1-2-7-16(14)21/h1-3,5-10,12-13H,4,11H2. The molecule has 0 radical (unpaired) electrons. The second-order valence-corrected chi connectivity index (χ2v) is 5.32. The Labute approximate surface area is 128 Å². The van der Waals surface area contributed by atoms with Crippen molar-refractivity contribution < 1.29 is 4.79 Å². The number of para-hydroxylation sites is 1. The van der Waals surface area contributed by atoms with Crippen LogP contribution in [0.4, 0.5) is 5.69 Å². The van der Waals surface area contributed by atoms with Crippen LogP contribution in [0.25, 0.3) is 11.7 Å². The van der Waals surface area contributed by atoms with E-state index in [0.29, 0.717) is 12.1 Å². The average molecular weight is 289 g/mol. The molecule has 3 aromatic rings. The molecule has 0 aliphatic carbocycles. The van der Waals surface area contributed by atoms with Crippen LogP contribution in [0.5, 0.6) is 0 Å². The van der Waals surface area contributed by atoms with Gasteiger partial charge in [-0.2, -0.15) is 0 Å². The van der Waals surface area contributed by atoms with Crippen LogP contribution in [0.2, 0.25) is 0 Å². The highest BCUT2D eigenvalue weighted by Gasteiger charge is 2.20. The van der Waals surface area contributed by atoms with E-state index in [4.69, 9.17) is 0 Å². The smallest absolute Gasteiger partial charge is 0.259 e. The van der Waals surface area contributed by atoms with Gasteiger partial charge in [0, 0.05) is 25.1 Å². The number of anilines is 1. The molecule has 108 valence electrons. The maximum absolute atomic E-state index is 12.9. The van der Waals surface area contributed by atoms with Gasteiger partial charge in [0.2, 0.25) is 0 Å². The van der Waals surface area contributed by atoms with E-state index in [1.54, 1.807) is 6.20 Å². The topological polar surface area (TPSA) is 37.6 Å². The van der Waals surface area contributed by atoms with Gasteiger partial charge in [0.05, 0.1) is 11.3 Å². The van der Waals surface area contributed by atoms with E-state index in [9.17, 15) is 4.79 Å². The summed E-state index contributed by atoms with van der Waals surface area (Å²) in [6.45, 7) is 0.689. The van der Waals surface area contributed by atoms with Gasteiger partial charge in [0.1, 0.15) is 5.65 Å². The lowest BCUT2D eigenvalue weighted by molar-refractivity contribution is 0.0987. The number of pyridine rings is 1. The summed E-state index contributed by atoms with van der Waals surface area (Å²) in [6.07, 6.45) is 10.5. The van der Waals surface area contributed by atoms with Gasteiger partial charge in [-0.05, 0) is 30.2 Å². The molecular weight excluding hydrogens is 274 g/mol. The summed E-state index contributed by atoms with van der Waals surface area (Å²) in [5, 5.41) is 0. The van der Waals surface area contributed by atoms with E-state index >= 15 is 0 Å². The average Bonchev–Trinajstić information content (AvgIpc) is 2.92. The molecule has 4 rings (SSSR count). The van der Waals surface area contributed by atoms with Crippen molar-refractivity contribution in [1.29, 1.82) is 0 Å². The predicted octanol–water partition coefficient (Wildman–Crippen LogP) is 3.40. The minimum atomic E-state index is 0.0201. The summed E-state index contributed by atoms with van der Waals surface area (Å²) in [5.74, 6) is 0.0201. The van der Waals surface area contributed by atoms with E-state index in [1.165, 1.54) is 0 Å².